The molecule has 0 aromatic heterocycles. The van der Waals surface area contributed by atoms with Crippen LogP contribution in [-0.4, -0.2) is 38.2 Å². The number of ether oxygens (including phenoxy) is 1. The van der Waals surface area contributed by atoms with Gasteiger partial charge in [0.1, 0.15) is 0 Å². The van der Waals surface area contributed by atoms with Gasteiger partial charge in [-0.05, 0) is 12.5 Å². The average Bonchev–Trinajstić information content (AvgIpc) is 3.02. The number of amides is 2. The Bertz CT molecular complexity index is 495. The number of alkyl carbamates (subject to hydrolysis) is 1. The maximum absolute atomic E-state index is 12.3. The highest BCUT2D eigenvalue weighted by molar-refractivity contribution is 5.80. The Kier molecular flexibility index (Phi) is 6.17. The van der Waals surface area contributed by atoms with E-state index in [2.05, 4.69) is 21.5 Å². The van der Waals surface area contributed by atoms with Gasteiger partial charge in [-0.15, -0.1) is 0 Å². The van der Waals surface area contributed by atoms with Crippen LogP contribution in [-0.2, 0) is 9.53 Å². The maximum Gasteiger partial charge on any atom is 0.407 e. The van der Waals surface area contributed by atoms with Crippen LogP contribution in [0, 0.1) is 5.92 Å². The third-order valence-electron chi connectivity index (χ3n) is 3.45. The molecule has 1 aliphatic rings. The number of benzene rings is 1. The molecular weight excluding hydrogens is 284 g/mol. The van der Waals surface area contributed by atoms with E-state index >= 15 is 0 Å². The molecule has 4 N–H and O–H groups in total. The minimum absolute atomic E-state index is 0.0444. The van der Waals surface area contributed by atoms with E-state index in [1.165, 1.54) is 0 Å². The molecule has 1 aromatic rings. The van der Waals surface area contributed by atoms with Crippen LogP contribution >= 0.6 is 0 Å². The number of rotatable bonds is 6. The molecule has 0 radical (unpaired) electrons. The van der Waals surface area contributed by atoms with Gasteiger partial charge in [-0.3, -0.25) is 10.2 Å². The quantitative estimate of drug-likeness (QED) is 0.568. The second-order valence-electron chi connectivity index (χ2n) is 4.96. The molecule has 2 atom stereocenters. The summed E-state index contributed by atoms with van der Waals surface area (Å²) in [5.74, 6) is -0.234. The van der Waals surface area contributed by atoms with E-state index in [9.17, 15) is 9.59 Å². The van der Waals surface area contributed by atoms with Crippen molar-refractivity contribution < 1.29 is 14.3 Å². The molecule has 1 aliphatic heterocycles. The predicted octanol–water partition coefficient (Wildman–Crippen LogP) is 0.314. The molecule has 0 saturated carbocycles. The number of hydrogen-bond acceptors (Lipinski definition) is 5. The van der Waals surface area contributed by atoms with Crippen molar-refractivity contribution in [2.75, 3.05) is 26.2 Å². The minimum Gasteiger partial charge on any atom is -0.450 e. The lowest BCUT2D eigenvalue weighted by molar-refractivity contribution is -0.124. The molecule has 2 unspecified atom stereocenters. The zero-order valence-corrected chi connectivity index (χ0v) is 12.6. The Morgan fingerprint density at radius 2 is 1.95 bits per heavy atom. The van der Waals surface area contributed by atoms with E-state index in [4.69, 9.17) is 4.74 Å². The van der Waals surface area contributed by atoms with Crippen LogP contribution < -0.4 is 21.5 Å². The lowest BCUT2D eigenvalue weighted by Gasteiger charge is -2.18. The van der Waals surface area contributed by atoms with E-state index in [1.54, 1.807) is 6.92 Å². The molecule has 2 amide bonds. The number of carbonyl (C=O) groups excluding carboxylic acids is 2. The lowest BCUT2D eigenvalue weighted by atomic mass is 9.94. The summed E-state index contributed by atoms with van der Waals surface area (Å²) >= 11 is 0. The Labute approximate surface area is 129 Å². The molecule has 7 nitrogen and oxygen atoms in total. The molecular formula is C15H22N4O3. The van der Waals surface area contributed by atoms with E-state index in [0.29, 0.717) is 26.2 Å². The Balaban J connectivity index is 1.78. The van der Waals surface area contributed by atoms with Crippen molar-refractivity contribution in [3.63, 3.8) is 0 Å². The van der Waals surface area contributed by atoms with Crippen molar-refractivity contribution in [1.29, 1.82) is 0 Å². The topological polar surface area (TPSA) is 91.5 Å². The molecule has 0 spiro atoms. The number of hydrazine groups is 1. The highest BCUT2D eigenvalue weighted by Gasteiger charge is 2.33. The first kappa shape index (κ1) is 16.3. The molecule has 22 heavy (non-hydrogen) atoms. The highest BCUT2D eigenvalue weighted by Crippen LogP contribution is 2.24. The molecule has 1 heterocycles. The van der Waals surface area contributed by atoms with Crippen molar-refractivity contribution >= 4 is 12.0 Å². The summed E-state index contributed by atoms with van der Waals surface area (Å²) in [6.45, 7) is 3.35. The number of hydrogen-bond donors (Lipinski definition) is 4. The monoisotopic (exact) mass is 306 g/mol. The van der Waals surface area contributed by atoms with E-state index in [1.807, 2.05) is 30.3 Å². The summed E-state index contributed by atoms with van der Waals surface area (Å²) in [4.78, 5) is 23.4. The largest absolute Gasteiger partial charge is 0.450 e. The smallest absolute Gasteiger partial charge is 0.407 e. The summed E-state index contributed by atoms with van der Waals surface area (Å²) in [6, 6.07) is 9.78. The van der Waals surface area contributed by atoms with Gasteiger partial charge in [0.15, 0.2) is 0 Å². The summed E-state index contributed by atoms with van der Waals surface area (Å²) in [6.07, 6.45) is -0.469. The van der Waals surface area contributed by atoms with Gasteiger partial charge in [0.2, 0.25) is 5.91 Å². The third-order valence-corrected chi connectivity index (χ3v) is 3.45. The SMILES string of the molecule is CCOC(=O)NCCNC(=O)C1CNNC1c1ccccc1. The van der Waals surface area contributed by atoms with Crippen molar-refractivity contribution in [3.05, 3.63) is 35.9 Å². The summed E-state index contributed by atoms with van der Waals surface area (Å²) in [7, 11) is 0. The number of nitrogens with one attached hydrogen (secondary N) is 4. The molecule has 1 fully saturated rings. The van der Waals surface area contributed by atoms with E-state index in [0.717, 1.165) is 5.56 Å². The fourth-order valence-corrected chi connectivity index (χ4v) is 2.38. The Morgan fingerprint density at radius 1 is 1.23 bits per heavy atom. The first-order valence-corrected chi connectivity index (χ1v) is 7.44. The van der Waals surface area contributed by atoms with Gasteiger partial charge >= 0.3 is 6.09 Å². The molecule has 2 rings (SSSR count). The van der Waals surface area contributed by atoms with Gasteiger partial charge in [0.05, 0.1) is 18.6 Å². The molecule has 0 bridgehead atoms. The fourth-order valence-electron chi connectivity index (χ4n) is 2.38. The van der Waals surface area contributed by atoms with Crippen LogP contribution in [0.3, 0.4) is 0 Å². The summed E-state index contributed by atoms with van der Waals surface area (Å²) in [5, 5.41) is 5.40. The Hall–Kier alpha value is -2.12. The van der Waals surface area contributed by atoms with Crippen LogP contribution in [0.1, 0.15) is 18.5 Å². The summed E-state index contributed by atoms with van der Waals surface area (Å²) in [5.41, 5.74) is 7.22. The Morgan fingerprint density at radius 3 is 2.68 bits per heavy atom. The summed E-state index contributed by atoms with van der Waals surface area (Å²) < 4.78 is 4.74. The number of carbonyl (C=O) groups is 2. The minimum atomic E-state index is -0.469. The van der Waals surface area contributed by atoms with Gasteiger partial charge in [0, 0.05) is 19.6 Å². The third kappa shape index (κ3) is 4.44. The maximum atomic E-state index is 12.3. The standard InChI is InChI=1S/C15H22N4O3/c1-2-22-15(21)17-9-8-16-14(20)12-10-18-19-13(12)11-6-4-3-5-7-11/h3-7,12-13,18-19H,2,8-10H2,1H3,(H,16,20)(H,17,21). The van der Waals surface area contributed by atoms with E-state index < -0.39 is 6.09 Å². The van der Waals surface area contributed by atoms with Crippen LogP contribution in [0.25, 0.3) is 0 Å². The van der Waals surface area contributed by atoms with Gasteiger partial charge in [-0.2, -0.15) is 0 Å². The van der Waals surface area contributed by atoms with Crippen LogP contribution in [0.2, 0.25) is 0 Å². The van der Waals surface area contributed by atoms with Gasteiger partial charge in [-0.1, -0.05) is 30.3 Å². The van der Waals surface area contributed by atoms with Crippen LogP contribution in [0.4, 0.5) is 4.79 Å². The molecule has 7 heteroatoms. The van der Waals surface area contributed by atoms with Crippen molar-refractivity contribution in [2.24, 2.45) is 5.92 Å². The van der Waals surface area contributed by atoms with Gasteiger partial charge in [0.25, 0.3) is 0 Å². The van der Waals surface area contributed by atoms with Crippen LogP contribution in [0.5, 0.6) is 0 Å². The normalized spacial score (nSPS) is 20.4. The average molecular weight is 306 g/mol. The zero-order valence-electron chi connectivity index (χ0n) is 12.6. The van der Waals surface area contributed by atoms with Crippen molar-refractivity contribution in [3.8, 4) is 0 Å². The molecule has 0 aliphatic carbocycles. The molecule has 1 saturated heterocycles. The fraction of sp³-hybridized carbons (Fsp3) is 0.467. The first-order chi connectivity index (χ1) is 10.7. The van der Waals surface area contributed by atoms with Crippen molar-refractivity contribution in [2.45, 2.75) is 13.0 Å². The van der Waals surface area contributed by atoms with Crippen molar-refractivity contribution in [1.82, 2.24) is 21.5 Å². The van der Waals surface area contributed by atoms with Crippen LogP contribution in [0.15, 0.2) is 30.3 Å². The molecule has 1 aromatic carbocycles. The first-order valence-electron chi connectivity index (χ1n) is 7.44. The zero-order chi connectivity index (χ0) is 15.8. The highest BCUT2D eigenvalue weighted by atomic mass is 16.5. The predicted molar refractivity (Wildman–Crippen MR) is 81.8 cm³/mol. The van der Waals surface area contributed by atoms with Gasteiger partial charge in [-0.25, -0.2) is 10.2 Å². The molecule has 120 valence electrons. The van der Waals surface area contributed by atoms with E-state index in [-0.39, 0.29) is 17.9 Å². The lowest BCUT2D eigenvalue weighted by Crippen LogP contribution is -2.39. The second kappa shape index (κ2) is 8.35. The van der Waals surface area contributed by atoms with Gasteiger partial charge < -0.3 is 15.4 Å². The second-order valence-corrected chi connectivity index (χ2v) is 4.96.